The lowest BCUT2D eigenvalue weighted by Crippen LogP contribution is -2.19. The first kappa shape index (κ1) is 12.2. The Balaban J connectivity index is 2.28. The van der Waals surface area contributed by atoms with E-state index in [-0.39, 0.29) is 11.4 Å². The largest absolute Gasteiger partial charge is 0.422 e. The lowest BCUT2D eigenvalue weighted by molar-refractivity contribution is -0.129. The van der Waals surface area contributed by atoms with E-state index in [1.54, 1.807) is 0 Å². The van der Waals surface area contributed by atoms with E-state index < -0.39 is 26.7 Å². The van der Waals surface area contributed by atoms with E-state index >= 15 is 0 Å². The molecule has 6 nitrogen and oxygen atoms in total. The molecular formula is C10H7FN2O4S. The van der Waals surface area contributed by atoms with Crippen molar-refractivity contribution < 1.29 is 22.3 Å². The van der Waals surface area contributed by atoms with Gasteiger partial charge in [-0.15, -0.1) is 0 Å². The topological polar surface area (TPSA) is 98.8 Å². The fourth-order valence-corrected chi connectivity index (χ4v) is 2.25. The summed E-state index contributed by atoms with van der Waals surface area (Å²) in [6.45, 7) is 0. The van der Waals surface area contributed by atoms with Gasteiger partial charge in [0.25, 0.3) is 10.0 Å². The van der Waals surface area contributed by atoms with Crippen molar-refractivity contribution in [2.75, 3.05) is 0 Å². The predicted molar refractivity (Wildman–Crippen MR) is 60.7 cm³/mol. The van der Waals surface area contributed by atoms with Crippen LogP contribution in [0.1, 0.15) is 0 Å². The second kappa shape index (κ2) is 4.22. The molecule has 0 unspecified atom stereocenters. The molecule has 0 aliphatic carbocycles. The van der Waals surface area contributed by atoms with Crippen molar-refractivity contribution in [1.82, 2.24) is 0 Å². The molecule has 0 fully saturated rings. The quantitative estimate of drug-likeness (QED) is 0.616. The second-order valence-electron chi connectivity index (χ2n) is 3.34. The Bertz CT molecular complexity index is 679. The van der Waals surface area contributed by atoms with E-state index in [9.17, 15) is 17.6 Å². The number of nitrogens with two attached hydrogens (primary N) is 1. The summed E-state index contributed by atoms with van der Waals surface area (Å²) in [5.41, 5.74) is 5.01. The van der Waals surface area contributed by atoms with Gasteiger partial charge in [0.1, 0.15) is 11.6 Å². The van der Waals surface area contributed by atoms with Crippen molar-refractivity contribution in [2.45, 2.75) is 0 Å². The number of hydrogen-bond donors (Lipinski definition) is 1. The number of allylic oxidation sites excluding steroid dienone is 1. The van der Waals surface area contributed by atoms with Crippen LogP contribution in [0.2, 0.25) is 0 Å². The molecule has 1 heterocycles. The summed E-state index contributed by atoms with van der Waals surface area (Å²) < 4.78 is 43.4. The Morgan fingerprint density at radius 2 is 2.11 bits per heavy atom. The van der Waals surface area contributed by atoms with Gasteiger partial charge in [0.05, 0.1) is 11.9 Å². The Morgan fingerprint density at radius 3 is 2.67 bits per heavy atom. The lowest BCUT2D eigenvalue weighted by Gasteiger charge is -2.04. The van der Waals surface area contributed by atoms with E-state index in [4.69, 9.17) is 10.5 Å². The first-order valence-corrected chi connectivity index (χ1v) is 6.12. The van der Waals surface area contributed by atoms with Gasteiger partial charge in [0, 0.05) is 6.07 Å². The van der Waals surface area contributed by atoms with Crippen LogP contribution in [-0.4, -0.2) is 20.6 Å². The van der Waals surface area contributed by atoms with Crippen LogP contribution in [0.5, 0.6) is 5.75 Å². The van der Waals surface area contributed by atoms with Crippen LogP contribution in [0, 0.1) is 5.82 Å². The smallest absolute Gasteiger partial charge is 0.359 e. The number of carbonyl (C=O) groups excluding carboxylic acids is 1. The van der Waals surface area contributed by atoms with E-state index in [0.717, 1.165) is 18.3 Å². The summed E-state index contributed by atoms with van der Waals surface area (Å²) in [4.78, 5) is 10.9. The van der Waals surface area contributed by atoms with Gasteiger partial charge in [-0.2, -0.15) is 12.8 Å². The van der Waals surface area contributed by atoms with Gasteiger partial charge in [-0.05, 0) is 12.1 Å². The molecule has 0 saturated carbocycles. The molecule has 0 saturated heterocycles. The van der Waals surface area contributed by atoms with Gasteiger partial charge in [-0.25, -0.2) is 9.18 Å². The number of sulfonamides is 1. The number of hydrogen-bond acceptors (Lipinski definition) is 5. The van der Waals surface area contributed by atoms with Crippen LogP contribution in [0.3, 0.4) is 0 Å². The Labute approximate surface area is 102 Å². The van der Waals surface area contributed by atoms with Crippen LogP contribution in [0.25, 0.3) is 0 Å². The third-order valence-electron chi connectivity index (χ3n) is 2.04. The number of carbonyl (C=O) groups is 1. The maximum Gasteiger partial charge on any atom is 0.359 e. The molecule has 1 aromatic carbocycles. The minimum Gasteiger partial charge on any atom is -0.422 e. The number of halogens is 1. The second-order valence-corrected chi connectivity index (χ2v) is 4.91. The zero-order valence-corrected chi connectivity index (χ0v) is 9.65. The molecule has 0 aromatic heterocycles. The molecule has 94 valence electrons. The summed E-state index contributed by atoms with van der Waals surface area (Å²) in [6, 6.07) is 4.72. The highest BCUT2D eigenvalue weighted by atomic mass is 32.2. The zero-order chi connectivity index (χ0) is 13.3. The summed E-state index contributed by atoms with van der Waals surface area (Å²) in [6.07, 6.45) is 0.845. The van der Waals surface area contributed by atoms with Gasteiger partial charge in [-0.3, -0.25) is 0 Å². The Morgan fingerprint density at radius 1 is 1.39 bits per heavy atom. The minimum atomic E-state index is -4.11. The molecule has 1 aliphatic heterocycles. The van der Waals surface area contributed by atoms with Crippen LogP contribution in [-0.2, 0) is 14.8 Å². The van der Waals surface area contributed by atoms with Gasteiger partial charge in [-0.1, -0.05) is 6.07 Å². The fourth-order valence-electron chi connectivity index (χ4n) is 1.29. The molecule has 8 heteroatoms. The first-order chi connectivity index (χ1) is 8.40. The monoisotopic (exact) mass is 270 g/mol. The van der Waals surface area contributed by atoms with E-state index in [2.05, 4.69) is 4.40 Å². The van der Waals surface area contributed by atoms with Gasteiger partial charge in [0.2, 0.25) is 0 Å². The number of esters is 1. The van der Waals surface area contributed by atoms with Gasteiger partial charge in [0.15, 0.2) is 4.91 Å². The van der Waals surface area contributed by atoms with E-state index in [1.165, 1.54) is 12.1 Å². The molecule has 1 aliphatic rings. The van der Waals surface area contributed by atoms with Crippen LogP contribution in [0.4, 0.5) is 4.39 Å². The molecule has 1 aromatic rings. The first-order valence-electron chi connectivity index (χ1n) is 4.68. The molecule has 0 atom stereocenters. The van der Waals surface area contributed by atoms with Crippen molar-refractivity contribution in [2.24, 2.45) is 10.1 Å². The third kappa shape index (κ3) is 2.23. The minimum absolute atomic E-state index is 0.123. The van der Waals surface area contributed by atoms with Crippen molar-refractivity contribution in [1.29, 1.82) is 0 Å². The summed E-state index contributed by atoms with van der Waals surface area (Å²) in [5, 5.41) is 0. The number of nitrogens with zero attached hydrogens (tertiary/aromatic N) is 1. The highest BCUT2D eigenvalue weighted by Gasteiger charge is 2.33. The fraction of sp³-hybridized carbons (Fsp3) is 0. The highest BCUT2D eigenvalue weighted by molar-refractivity contribution is 7.95. The molecule has 0 bridgehead atoms. The zero-order valence-electron chi connectivity index (χ0n) is 8.83. The molecule has 2 N–H and O–H groups in total. The third-order valence-corrected chi connectivity index (χ3v) is 3.34. The van der Waals surface area contributed by atoms with Gasteiger partial charge >= 0.3 is 5.97 Å². The van der Waals surface area contributed by atoms with E-state index in [0.29, 0.717) is 0 Å². The highest BCUT2D eigenvalue weighted by Crippen LogP contribution is 2.20. The molecule has 0 radical (unpaired) electrons. The molecule has 2 rings (SSSR count). The van der Waals surface area contributed by atoms with Crippen molar-refractivity contribution in [3.63, 3.8) is 0 Å². The average Bonchev–Trinajstić information content (AvgIpc) is 2.52. The predicted octanol–water partition coefficient (Wildman–Crippen LogP) is 0.316. The SMILES string of the molecule is NC1=C(C(=O)Oc2cccc(F)c2)S(=O)(=O)N=C1. The molecule has 18 heavy (non-hydrogen) atoms. The average molecular weight is 270 g/mol. The standard InChI is InChI=1S/C10H7FN2O4S/c11-6-2-1-3-7(4-6)17-10(14)9-8(12)5-13-18(9,15)16/h1-5H,12H2. The maximum atomic E-state index is 12.9. The number of ether oxygens (including phenoxy) is 1. The van der Waals surface area contributed by atoms with Crippen molar-refractivity contribution >= 4 is 22.2 Å². The summed E-state index contributed by atoms with van der Waals surface area (Å²) >= 11 is 0. The lowest BCUT2D eigenvalue weighted by atomic mass is 10.3. The molecule has 0 spiro atoms. The number of rotatable bonds is 2. The number of benzene rings is 1. The summed E-state index contributed by atoms with van der Waals surface area (Å²) in [5.74, 6) is -1.94. The van der Waals surface area contributed by atoms with Crippen LogP contribution in [0.15, 0.2) is 39.3 Å². The normalized spacial score (nSPS) is 16.9. The molecular weight excluding hydrogens is 263 g/mol. The van der Waals surface area contributed by atoms with Crippen molar-refractivity contribution in [3.8, 4) is 5.75 Å². The maximum absolute atomic E-state index is 12.9. The van der Waals surface area contributed by atoms with Crippen LogP contribution >= 0.6 is 0 Å². The van der Waals surface area contributed by atoms with Crippen molar-refractivity contribution in [3.05, 3.63) is 40.7 Å². The van der Waals surface area contributed by atoms with E-state index in [1.807, 2.05) is 0 Å². The Hall–Kier alpha value is -2.22. The summed E-state index contributed by atoms with van der Waals surface area (Å²) in [7, 11) is -4.11. The molecule has 0 amide bonds. The van der Waals surface area contributed by atoms with Gasteiger partial charge < -0.3 is 10.5 Å². The van der Waals surface area contributed by atoms with Crippen LogP contribution < -0.4 is 10.5 Å². The Kier molecular flexibility index (Phi) is 2.87.